The molecule has 0 unspecified atom stereocenters. The highest BCUT2D eigenvalue weighted by Crippen LogP contribution is 2.32. The summed E-state index contributed by atoms with van der Waals surface area (Å²) >= 11 is 0. The van der Waals surface area contributed by atoms with E-state index in [1.54, 1.807) is 6.92 Å². The Bertz CT molecular complexity index is 243. The number of ether oxygens (including phenoxy) is 2. The van der Waals surface area contributed by atoms with Crippen molar-refractivity contribution in [1.29, 1.82) is 0 Å². The molecule has 6 heteroatoms. The summed E-state index contributed by atoms with van der Waals surface area (Å²) in [4.78, 5) is 10.6. The fraction of sp³-hybridized carbons (Fsp3) is 0.889. The lowest BCUT2D eigenvalue weighted by molar-refractivity contribution is -0.268. The van der Waals surface area contributed by atoms with E-state index in [1.165, 1.54) is 6.92 Å². The quantitative estimate of drug-likeness (QED) is 0.549. The maximum Gasteiger partial charge on any atom is 0.197 e. The smallest absolute Gasteiger partial charge is 0.197 e. The second-order valence-corrected chi connectivity index (χ2v) is 3.63. The molecule has 6 nitrogen and oxygen atoms in total. The van der Waals surface area contributed by atoms with Gasteiger partial charge < -0.3 is 24.8 Å². The van der Waals surface area contributed by atoms with E-state index in [-0.39, 0.29) is 18.8 Å². The van der Waals surface area contributed by atoms with Crippen LogP contribution >= 0.6 is 0 Å². The number of hydrogen-bond donors (Lipinski definition) is 3. The molecule has 1 rings (SSSR count). The van der Waals surface area contributed by atoms with Crippen molar-refractivity contribution in [1.82, 2.24) is 0 Å². The molecule has 0 aromatic rings. The van der Waals surface area contributed by atoms with E-state index in [0.717, 1.165) is 0 Å². The SMILES string of the molecule is CC[C@]1(O)O[C@@H](OCC(C)=O)[C@H](O)[C@H]1O. The number of ketones is 1. The van der Waals surface area contributed by atoms with Crippen molar-refractivity contribution in [3.63, 3.8) is 0 Å². The number of aliphatic hydroxyl groups is 3. The largest absolute Gasteiger partial charge is 0.385 e. The van der Waals surface area contributed by atoms with Gasteiger partial charge in [-0.2, -0.15) is 0 Å². The molecule has 1 saturated heterocycles. The van der Waals surface area contributed by atoms with Gasteiger partial charge in [-0.05, 0) is 6.92 Å². The summed E-state index contributed by atoms with van der Waals surface area (Å²) in [7, 11) is 0. The summed E-state index contributed by atoms with van der Waals surface area (Å²) in [5.74, 6) is -2.03. The third-order valence-corrected chi connectivity index (χ3v) is 2.34. The highest BCUT2D eigenvalue weighted by atomic mass is 16.8. The van der Waals surface area contributed by atoms with E-state index in [1.807, 2.05) is 0 Å². The Morgan fingerprint density at radius 1 is 1.53 bits per heavy atom. The zero-order valence-electron chi connectivity index (χ0n) is 8.71. The zero-order chi connectivity index (χ0) is 11.6. The summed E-state index contributed by atoms with van der Waals surface area (Å²) in [5.41, 5.74) is 0. The molecule has 3 N–H and O–H groups in total. The average molecular weight is 220 g/mol. The maximum absolute atomic E-state index is 10.6. The molecule has 15 heavy (non-hydrogen) atoms. The van der Waals surface area contributed by atoms with E-state index in [4.69, 9.17) is 9.47 Å². The van der Waals surface area contributed by atoms with Gasteiger partial charge in [0.25, 0.3) is 0 Å². The van der Waals surface area contributed by atoms with Crippen molar-refractivity contribution in [3.8, 4) is 0 Å². The molecule has 1 heterocycles. The number of hydrogen-bond acceptors (Lipinski definition) is 6. The number of rotatable bonds is 4. The Hall–Kier alpha value is -0.530. The van der Waals surface area contributed by atoms with Gasteiger partial charge in [-0.25, -0.2) is 0 Å². The third-order valence-electron chi connectivity index (χ3n) is 2.34. The molecule has 0 spiro atoms. The van der Waals surface area contributed by atoms with Crippen LogP contribution in [-0.2, 0) is 14.3 Å². The van der Waals surface area contributed by atoms with E-state index >= 15 is 0 Å². The molecule has 88 valence electrons. The minimum Gasteiger partial charge on any atom is -0.385 e. The van der Waals surface area contributed by atoms with Gasteiger partial charge in [-0.1, -0.05) is 6.92 Å². The lowest BCUT2D eigenvalue weighted by atomic mass is 10.1. The molecule has 0 aromatic heterocycles. The second-order valence-electron chi connectivity index (χ2n) is 3.63. The standard InChI is InChI=1S/C9H16O6/c1-3-9(13)7(12)6(11)8(15-9)14-4-5(2)10/h6-8,11-13H,3-4H2,1-2H3/t6-,7-,8-,9+/m1/s1. The van der Waals surface area contributed by atoms with Gasteiger partial charge in [0, 0.05) is 6.42 Å². The molecule has 0 amide bonds. The molecule has 0 saturated carbocycles. The van der Waals surface area contributed by atoms with Crippen molar-refractivity contribution in [2.75, 3.05) is 6.61 Å². The maximum atomic E-state index is 10.6. The first-order valence-electron chi connectivity index (χ1n) is 4.78. The van der Waals surface area contributed by atoms with E-state index in [0.29, 0.717) is 0 Å². The van der Waals surface area contributed by atoms with Crippen molar-refractivity contribution in [3.05, 3.63) is 0 Å². The average Bonchev–Trinajstić information content (AvgIpc) is 2.41. The highest BCUT2D eigenvalue weighted by molar-refractivity contribution is 5.76. The van der Waals surface area contributed by atoms with Crippen LogP contribution in [0, 0.1) is 0 Å². The highest BCUT2D eigenvalue weighted by Gasteiger charge is 2.52. The Kier molecular flexibility index (Phi) is 3.80. The Balaban J connectivity index is 2.59. The topological polar surface area (TPSA) is 96.2 Å². The number of Topliss-reactive ketones (excluding diaryl/α,β-unsaturated/α-hetero) is 1. The Morgan fingerprint density at radius 3 is 2.53 bits per heavy atom. The number of aliphatic hydroxyl groups excluding tert-OH is 2. The van der Waals surface area contributed by atoms with E-state index in [2.05, 4.69) is 0 Å². The number of carbonyl (C=O) groups is 1. The van der Waals surface area contributed by atoms with Crippen LogP contribution in [0.4, 0.5) is 0 Å². The van der Waals surface area contributed by atoms with Gasteiger partial charge in [0.05, 0.1) is 0 Å². The summed E-state index contributed by atoms with van der Waals surface area (Å²) in [6.07, 6.45) is -3.84. The van der Waals surface area contributed by atoms with Gasteiger partial charge in [0.15, 0.2) is 17.9 Å². The molecule has 1 fully saturated rings. The lowest BCUT2D eigenvalue weighted by Crippen LogP contribution is -2.42. The molecule has 0 bridgehead atoms. The predicted molar refractivity (Wildman–Crippen MR) is 48.8 cm³/mol. The first kappa shape index (κ1) is 12.5. The molecule has 1 aliphatic heterocycles. The van der Waals surface area contributed by atoms with Crippen molar-refractivity contribution in [2.24, 2.45) is 0 Å². The van der Waals surface area contributed by atoms with Gasteiger partial charge in [-0.15, -0.1) is 0 Å². The van der Waals surface area contributed by atoms with Crippen LogP contribution in [0.2, 0.25) is 0 Å². The van der Waals surface area contributed by atoms with Crippen LogP contribution in [0.15, 0.2) is 0 Å². The summed E-state index contributed by atoms with van der Waals surface area (Å²) in [6.45, 7) is 2.70. The van der Waals surface area contributed by atoms with Crippen LogP contribution in [0.25, 0.3) is 0 Å². The molecule has 0 radical (unpaired) electrons. The zero-order valence-corrected chi connectivity index (χ0v) is 8.71. The fourth-order valence-electron chi connectivity index (χ4n) is 1.38. The van der Waals surface area contributed by atoms with Gasteiger partial charge >= 0.3 is 0 Å². The lowest BCUT2D eigenvalue weighted by Gasteiger charge is -2.23. The Morgan fingerprint density at radius 2 is 2.13 bits per heavy atom. The normalized spacial score (nSPS) is 40.7. The monoisotopic (exact) mass is 220 g/mol. The first-order valence-corrected chi connectivity index (χ1v) is 4.78. The van der Waals surface area contributed by atoms with Crippen LogP contribution in [0.5, 0.6) is 0 Å². The van der Waals surface area contributed by atoms with Crippen molar-refractivity contribution < 1.29 is 29.6 Å². The molecular formula is C9H16O6. The van der Waals surface area contributed by atoms with Crippen LogP contribution in [0.1, 0.15) is 20.3 Å². The number of carbonyl (C=O) groups excluding carboxylic acids is 1. The summed E-state index contributed by atoms with van der Waals surface area (Å²) in [5, 5.41) is 28.6. The molecule has 0 aromatic carbocycles. The summed E-state index contributed by atoms with van der Waals surface area (Å²) < 4.78 is 9.86. The molecule has 1 aliphatic rings. The van der Waals surface area contributed by atoms with Crippen LogP contribution in [0.3, 0.4) is 0 Å². The van der Waals surface area contributed by atoms with Gasteiger partial charge in [0.1, 0.15) is 18.8 Å². The molecular weight excluding hydrogens is 204 g/mol. The van der Waals surface area contributed by atoms with Crippen molar-refractivity contribution >= 4 is 5.78 Å². The molecule has 4 atom stereocenters. The first-order chi connectivity index (χ1) is 6.90. The van der Waals surface area contributed by atoms with E-state index < -0.39 is 24.3 Å². The van der Waals surface area contributed by atoms with Gasteiger partial charge in [-0.3, -0.25) is 4.79 Å². The van der Waals surface area contributed by atoms with Gasteiger partial charge in [0.2, 0.25) is 0 Å². The van der Waals surface area contributed by atoms with Crippen LogP contribution in [-0.4, -0.2) is 52.0 Å². The molecule has 0 aliphatic carbocycles. The summed E-state index contributed by atoms with van der Waals surface area (Å²) in [6, 6.07) is 0. The minimum atomic E-state index is -1.80. The predicted octanol–water partition coefficient (Wildman–Crippen LogP) is -1.23. The van der Waals surface area contributed by atoms with E-state index in [9.17, 15) is 20.1 Å². The Labute approximate surface area is 87.4 Å². The minimum absolute atomic E-state index is 0.116. The fourth-order valence-corrected chi connectivity index (χ4v) is 1.38. The third kappa shape index (κ3) is 2.53. The van der Waals surface area contributed by atoms with Crippen LogP contribution < -0.4 is 0 Å². The second kappa shape index (κ2) is 4.54. The van der Waals surface area contributed by atoms with Crippen molar-refractivity contribution in [2.45, 2.75) is 44.6 Å².